The molecule has 0 aliphatic rings. The van der Waals surface area contributed by atoms with Crippen molar-refractivity contribution in [3.8, 4) is 0 Å². The van der Waals surface area contributed by atoms with Crippen LogP contribution in [0, 0.1) is 5.41 Å². The van der Waals surface area contributed by atoms with Crippen LogP contribution in [0.1, 0.15) is 26.7 Å². The van der Waals surface area contributed by atoms with Crippen molar-refractivity contribution in [3.05, 3.63) is 0 Å². The summed E-state index contributed by atoms with van der Waals surface area (Å²) in [6.07, 6.45) is 0.198. The Balaban J connectivity index is 5.14. The molecule has 0 aromatic heterocycles. The van der Waals surface area contributed by atoms with Gasteiger partial charge in [-0.2, -0.15) is 0 Å². The fourth-order valence-electron chi connectivity index (χ4n) is 1.46. The Morgan fingerprint density at radius 3 is 1.35 bits per heavy atom. The number of nitrogens with two attached hydrogens (primary N) is 2. The lowest BCUT2D eigenvalue weighted by Gasteiger charge is -2.27. The molecular weight excluding hydrogens is 228 g/mol. The third kappa shape index (κ3) is 3.44. The second-order valence-corrected chi connectivity index (χ2v) is 3.43. The molecule has 0 aromatic carbocycles. The molecule has 0 bridgehead atoms. The van der Waals surface area contributed by atoms with Gasteiger partial charge in [0.15, 0.2) is 0 Å². The molecule has 6 N–H and O–H groups in total. The van der Waals surface area contributed by atoms with E-state index in [4.69, 9.17) is 11.5 Å². The van der Waals surface area contributed by atoms with Gasteiger partial charge in [-0.15, -0.1) is 0 Å². The highest BCUT2D eigenvalue weighted by Crippen LogP contribution is 2.26. The van der Waals surface area contributed by atoms with E-state index in [2.05, 4.69) is 0 Å². The molecule has 0 unspecified atom stereocenters. The Morgan fingerprint density at radius 1 is 0.882 bits per heavy atom. The first-order valence-corrected chi connectivity index (χ1v) is 5.02. The monoisotopic (exact) mass is 244 g/mol. The number of primary amides is 2. The summed E-state index contributed by atoms with van der Waals surface area (Å²) < 4.78 is 0. The van der Waals surface area contributed by atoms with Crippen LogP contribution in [0.2, 0.25) is 0 Å². The summed E-state index contributed by atoms with van der Waals surface area (Å²) in [6.45, 7) is 3.15. The molecule has 0 saturated carbocycles. The summed E-state index contributed by atoms with van der Waals surface area (Å²) in [4.78, 5) is 44.7. The van der Waals surface area contributed by atoms with Crippen molar-refractivity contribution in [3.63, 3.8) is 0 Å². The molecule has 0 rings (SSSR count). The van der Waals surface area contributed by atoms with Crippen LogP contribution in [-0.2, 0) is 9.59 Å². The van der Waals surface area contributed by atoms with E-state index in [1.165, 1.54) is 0 Å². The van der Waals surface area contributed by atoms with Crippen molar-refractivity contribution in [2.45, 2.75) is 26.7 Å². The zero-order valence-electron chi connectivity index (χ0n) is 9.70. The number of amides is 6. The number of nitrogens with one attached hydrogen (secondary N) is 2. The zero-order chi connectivity index (χ0) is 13.6. The summed E-state index contributed by atoms with van der Waals surface area (Å²) >= 11 is 0. The molecule has 0 aromatic rings. The predicted octanol–water partition coefficient (Wildman–Crippen LogP) is -0.817. The van der Waals surface area contributed by atoms with E-state index in [0.717, 1.165) is 0 Å². The fourth-order valence-corrected chi connectivity index (χ4v) is 1.46. The first-order chi connectivity index (χ1) is 7.80. The lowest BCUT2D eigenvalue weighted by molar-refractivity contribution is -0.142. The number of carbonyl (C=O) groups is 4. The number of hydrogen-bond acceptors (Lipinski definition) is 4. The van der Waals surface area contributed by atoms with Crippen LogP contribution in [-0.4, -0.2) is 23.9 Å². The van der Waals surface area contributed by atoms with Crippen LogP contribution in [0.5, 0.6) is 0 Å². The molecule has 0 aliphatic carbocycles. The fraction of sp³-hybridized carbons (Fsp3) is 0.556. The topological polar surface area (TPSA) is 144 Å². The van der Waals surface area contributed by atoms with E-state index in [9.17, 15) is 19.2 Å². The van der Waals surface area contributed by atoms with Gasteiger partial charge in [-0.1, -0.05) is 13.8 Å². The van der Waals surface area contributed by atoms with Crippen molar-refractivity contribution in [2.24, 2.45) is 16.9 Å². The van der Waals surface area contributed by atoms with E-state index < -0.39 is 29.3 Å². The molecule has 0 fully saturated rings. The van der Waals surface area contributed by atoms with Crippen LogP contribution >= 0.6 is 0 Å². The van der Waals surface area contributed by atoms with Gasteiger partial charge in [0.1, 0.15) is 5.41 Å². The average molecular weight is 244 g/mol. The van der Waals surface area contributed by atoms with Crippen LogP contribution in [0.15, 0.2) is 0 Å². The van der Waals surface area contributed by atoms with Gasteiger partial charge in [0.25, 0.3) is 0 Å². The quantitative estimate of drug-likeness (QED) is 0.479. The van der Waals surface area contributed by atoms with Crippen molar-refractivity contribution >= 4 is 23.9 Å². The average Bonchev–Trinajstić information content (AvgIpc) is 2.17. The summed E-state index contributed by atoms with van der Waals surface area (Å²) in [5.74, 6) is -1.71. The van der Waals surface area contributed by atoms with Gasteiger partial charge in [-0.3, -0.25) is 20.2 Å². The molecule has 17 heavy (non-hydrogen) atoms. The minimum Gasteiger partial charge on any atom is -0.351 e. The standard InChI is InChI=1S/C9H16N4O4/c1-3-9(4-2,5(14)12-7(10)16)6(15)13-8(11)17/h3-4H2,1-2H3,(H3,10,12,14,16)(H3,11,13,15,17). The summed E-state index contributed by atoms with van der Waals surface area (Å²) in [7, 11) is 0. The van der Waals surface area contributed by atoms with E-state index in [0.29, 0.717) is 0 Å². The molecule has 6 amide bonds. The maximum atomic E-state index is 11.7. The summed E-state index contributed by atoms with van der Waals surface area (Å²) in [5.41, 5.74) is 8.08. The van der Waals surface area contributed by atoms with Crippen LogP contribution < -0.4 is 22.1 Å². The Labute approximate surface area is 98.1 Å². The number of imide groups is 2. The van der Waals surface area contributed by atoms with Gasteiger partial charge in [0, 0.05) is 0 Å². The Hall–Kier alpha value is -2.12. The predicted molar refractivity (Wildman–Crippen MR) is 58.5 cm³/mol. The largest absolute Gasteiger partial charge is 0.351 e. The zero-order valence-corrected chi connectivity index (χ0v) is 9.70. The number of carbonyl (C=O) groups excluding carboxylic acids is 4. The van der Waals surface area contributed by atoms with Gasteiger partial charge in [0.05, 0.1) is 0 Å². The molecule has 0 atom stereocenters. The smallest absolute Gasteiger partial charge is 0.318 e. The van der Waals surface area contributed by atoms with E-state index in [1.807, 2.05) is 10.6 Å². The highest BCUT2D eigenvalue weighted by molar-refractivity contribution is 6.12. The van der Waals surface area contributed by atoms with E-state index >= 15 is 0 Å². The number of urea groups is 2. The van der Waals surface area contributed by atoms with Crippen LogP contribution in [0.25, 0.3) is 0 Å². The van der Waals surface area contributed by atoms with Crippen molar-refractivity contribution in [1.29, 1.82) is 0 Å². The third-order valence-corrected chi connectivity index (χ3v) is 2.55. The molecular formula is C9H16N4O4. The first-order valence-electron chi connectivity index (χ1n) is 5.02. The van der Waals surface area contributed by atoms with Crippen LogP contribution in [0.4, 0.5) is 9.59 Å². The lowest BCUT2D eigenvalue weighted by Crippen LogP contribution is -2.55. The summed E-state index contributed by atoms with van der Waals surface area (Å²) in [6, 6.07) is -2.12. The molecule has 8 heteroatoms. The molecule has 0 radical (unpaired) electrons. The second-order valence-electron chi connectivity index (χ2n) is 3.43. The number of hydrogen-bond donors (Lipinski definition) is 4. The van der Waals surface area contributed by atoms with Crippen LogP contribution in [0.3, 0.4) is 0 Å². The molecule has 0 aliphatic heterocycles. The first kappa shape index (κ1) is 14.9. The maximum absolute atomic E-state index is 11.7. The van der Waals surface area contributed by atoms with Crippen molar-refractivity contribution < 1.29 is 19.2 Å². The lowest BCUT2D eigenvalue weighted by atomic mass is 9.80. The SMILES string of the molecule is CCC(CC)(C(=O)NC(N)=O)C(=O)NC(N)=O. The van der Waals surface area contributed by atoms with E-state index in [1.54, 1.807) is 13.8 Å². The molecule has 0 saturated heterocycles. The minimum atomic E-state index is -1.54. The van der Waals surface area contributed by atoms with Gasteiger partial charge in [0.2, 0.25) is 11.8 Å². The third-order valence-electron chi connectivity index (χ3n) is 2.55. The van der Waals surface area contributed by atoms with E-state index in [-0.39, 0.29) is 12.8 Å². The maximum Gasteiger partial charge on any atom is 0.318 e. The van der Waals surface area contributed by atoms with Crippen molar-refractivity contribution in [2.75, 3.05) is 0 Å². The second kappa shape index (κ2) is 5.83. The Bertz CT molecular complexity index is 319. The highest BCUT2D eigenvalue weighted by Gasteiger charge is 2.43. The molecule has 0 heterocycles. The minimum absolute atomic E-state index is 0.0989. The molecule has 8 nitrogen and oxygen atoms in total. The Morgan fingerprint density at radius 2 is 1.18 bits per heavy atom. The Kier molecular flexibility index (Phi) is 5.10. The molecule has 0 spiro atoms. The van der Waals surface area contributed by atoms with Gasteiger partial charge >= 0.3 is 12.1 Å². The van der Waals surface area contributed by atoms with Crippen molar-refractivity contribution in [1.82, 2.24) is 10.6 Å². The normalized spacial score (nSPS) is 10.5. The highest BCUT2D eigenvalue weighted by atomic mass is 16.2. The van der Waals surface area contributed by atoms with Gasteiger partial charge in [-0.05, 0) is 12.8 Å². The molecule has 96 valence electrons. The number of rotatable bonds is 4. The van der Waals surface area contributed by atoms with Gasteiger partial charge < -0.3 is 11.5 Å². The summed E-state index contributed by atoms with van der Waals surface area (Å²) in [5, 5.41) is 3.65. The van der Waals surface area contributed by atoms with Gasteiger partial charge in [-0.25, -0.2) is 9.59 Å².